The second kappa shape index (κ2) is 7.63. The Bertz CT molecular complexity index is 1520. The van der Waals surface area contributed by atoms with Crippen LogP contribution in [0.15, 0.2) is 72.8 Å². The summed E-state index contributed by atoms with van der Waals surface area (Å²) in [6.45, 7) is 1.63. The maximum absolute atomic E-state index is 11.2. The number of rotatable bonds is 3. The Kier molecular flexibility index (Phi) is 4.80. The molecule has 0 fully saturated rings. The highest BCUT2D eigenvalue weighted by Gasteiger charge is 2.42. The molecule has 5 aromatic rings. The maximum Gasteiger partial charge on any atom is 0.127 e. The van der Waals surface area contributed by atoms with Crippen LogP contribution >= 0.6 is 0 Å². The molecule has 0 aliphatic heterocycles. The molecule has 0 aliphatic rings. The molecule has 0 heterocycles. The Morgan fingerprint density at radius 1 is 0.429 bits per heavy atom. The molecule has 7 nitrogen and oxygen atoms in total. The Labute approximate surface area is 199 Å². The highest BCUT2D eigenvalue weighted by atomic mass is 16.3. The first-order valence-corrected chi connectivity index (χ1v) is 10.8. The molecule has 35 heavy (non-hydrogen) atoms. The van der Waals surface area contributed by atoms with Gasteiger partial charge in [-0.3, -0.25) is 0 Å². The Morgan fingerprint density at radius 3 is 1.29 bits per heavy atom. The van der Waals surface area contributed by atoms with Crippen LogP contribution in [0.1, 0.15) is 23.6 Å². The molecule has 0 unspecified atom stereocenters. The zero-order valence-electron chi connectivity index (χ0n) is 18.6. The van der Waals surface area contributed by atoms with Crippen molar-refractivity contribution in [2.45, 2.75) is 12.3 Å². The lowest BCUT2D eigenvalue weighted by Gasteiger charge is -2.35. The summed E-state index contributed by atoms with van der Waals surface area (Å²) < 4.78 is 0. The van der Waals surface area contributed by atoms with E-state index in [1.807, 2.05) is 0 Å². The van der Waals surface area contributed by atoms with Gasteiger partial charge in [0.2, 0.25) is 0 Å². The van der Waals surface area contributed by atoms with Crippen molar-refractivity contribution in [3.8, 4) is 40.2 Å². The second-order valence-electron chi connectivity index (χ2n) is 8.71. The zero-order valence-corrected chi connectivity index (χ0v) is 18.6. The van der Waals surface area contributed by atoms with Gasteiger partial charge in [0, 0.05) is 23.3 Å². The van der Waals surface area contributed by atoms with Gasteiger partial charge in [-0.2, -0.15) is 0 Å². The standard InChI is InChI=1S/C28H22O7/c1-28(27-23(34)12-18(31)13-24(27)35,25-19-6-4-16(29)10-14(19)2-8-21(25)32)26-20-7-5-17(30)11-15(20)3-9-22(26)33/h2-13,29-35H,1H3. The van der Waals surface area contributed by atoms with Crippen molar-refractivity contribution in [2.24, 2.45) is 0 Å². The first-order valence-electron chi connectivity index (χ1n) is 10.8. The van der Waals surface area contributed by atoms with Crippen LogP contribution in [0.4, 0.5) is 0 Å². The Hall–Kier alpha value is -4.78. The van der Waals surface area contributed by atoms with E-state index in [2.05, 4.69) is 0 Å². The van der Waals surface area contributed by atoms with Crippen molar-refractivity contribution in [1.29, 1.82) is 0 Å². The van der Waals surface area contributed by atoms with Gasteiger partial charge in [0.25, 0.3) is 0 Å². The van der Waals surface area contributed by atoms with Crippen LogP contribution in [0.5, 0.6) is 40.2 Å². The fourth-order valence-electron chi connectivity index (χ4n) is 5.15. The topological polar surface area (TPSA) is 142 Å². The number of benzene rings is 5. The van der Waals surface area contributed by atoms with E-state index in [4.69, 9.17) is 0 Å². The molecule has 7 N–H and O–H groups in total. The molecule has 0 saturated heterocycles. The summed E-state index contributed by atoms with van der Waals surface area (Å²) in [5, 5.41) is 76.5. The summed E-state index contributed by atoms with van der Waals surface area (Å²) in [6.07, 6.45) is 0. The number of hydrogen-bond donors (Lipinski definition) is 7. The van der Waals surface area contributed by atoms with Gasteiger partial charge in [-0.25, -0.2) is 0 Å². The summed E-state index contributed by atoms with van der Waals surface area (Å²) in [6, 6.07) is 17.3. The van der Waals surface area contributed by atoms with Crippen molar-refractivity contribution in [3.05, 3.63) is 89.5 Å². The predicted octanol–water partition coefficient (Wildman–Crippen LogP) is 5.29. The molecule has 5 rings (SSSR count). The van der Waals surface area contributed by atoms with Crippen molar-refractivity contribution in [2.75, 3.05) is 0 Å². The molecule has 176 valence electrons. The number of aromatic hydroxyl groups is 7. The number of hydrogen-bond acceptors (Lipinski definition) is 7. The third kappa shape index (κ3) is 3.28. The summed E-state index contributed by atoms with van der Waals surface area (Å²) >= 11 is 0. The van der Waals surface area contributed by atoms with Crippen molar-refractivity contribution in [3.63, 3.8) is 0 Å². The SMILES string of the molecule is CC(c1c(O)cc(O)cc1O)(c1c(O)ccc2cc(O)ccc12)c1c(O)ccc2cc(O)ccc12. The third-order valence-corrected chi connectivity index (χ3v) is 6.54. The Morgan fingerprint density at radius 2 is 0.857 bits per heavy atom. The minimum absolute atomic E-state index is 0.00894. The molecule has 7 heteroatoms. The quantitative estimate of drug-likeness (QED) is 0.178. The largest absolute Gasteiger partial charge is 0.508 e. The van der Waals surface area contributed by atoms with E-state index in [9.17, 15) is 35.7 Å². The lowest BCUT2D eigenvalue weighted by Crippen LogP contribution is -2.27. The molecule has 0 spiro atoms. The average Bonchev–Trinajstić information content (AvgIpc) is 2.78. The van der Waals surface area contributed by atoms with Crippen LogP contribution in [0, 0.1) is 0 Å². The predicted molar refractivity (Wildman–Crippen MR) is 132 cm³/mol. The minimum Gasteiger partial charge on any atom is -0.508 e. The van der Waals surface area contributed by atoms with Crippen molar-refractivity contribution < 1.29 is 35.7 Å². The van der Waals surface area contributed by atoms with Gasteiger partial charge in [0.1, 0.15) is 40.2 Å². The first-order chi connectivity index (χ1) is 16.6. The van der Waals surface area contributed by atoms with Crippen LogP contribution in [-0.2, 0) is 5.41 Å². The van der Waals surface area contributed by atoms with Gasteiger partial charge < -0.3 is 35.7 Å². The van der Waals surface area contributed by atoms with Crippen LogP contribution < -0.4 is 0 Å². The number of phenols is 7. The van der Waals surface area contributed by atoms with Gasteiger partial charge in [-0.05, 0) is 64.9 Å². The number of fused-ring (bicyclic) bond motifs is 2. The van der Waals surface area contributed by atoms with Gasteiger partial charge >= 0.3 is 0 Å². The second-order valence-corrected chi connectivity index (χ2v) is 8.71. The average molecular weight is 470 g/mol. The van der Waals surface area contributed by atoms with E-state index in [1.165, 1.54) is 36.4 Å². The monoisotopic (exact) mass is 470 g/mol. The summed E-state index contributed by atoms with van der Waals surface area (Å²) in [5.41, 5.74) is -1.19. The van der Waals surface area contributed by atoms with E-state index in [0.717, 1.165) is 12.1 Å². The molecule has 0 amide bonds. The fraction of sp³-hybridized carbons (Fsp3) is 0.0714. The van der Waals surface area contributed by atoms with Crippen LogP contribution in [0.2, 0.25) is 0 Å². The summed E-state index contributed by atoms with van der Waals surface area (Å²) in [7, 11) is 0. The van der Waals surface area contributed by atoms with Crippen molar-refractivity contribution in [1.82, 2.24) is 0 Å². The lowest BCUT2D eigenvalue weighted by molar-refractivity contribution is 0.399. The molecular formula is C28H22O7. The van der Waals surface area contributed by atoms with Crippen LogP contribution in [-0.4, -0.2) is 35.7 Å². The minimum atomic E-state index is -1.59. The highest BCUT2D eigenvalue weighted by molar-refractivity contribution is 5.96. The molecule has 0 saturated carbocycles. The van der Waals surface area contributed by atoms with Gasteiger partial charge in [-0.15, -0.1) is 0 Å². The van der Waals surface area contributed by atoms with E-state index < -0.39 is 16.9 Å². The normalized spacial score (nSPS) is 11.8. The highest BCUT2D eigenvalue weighted by Crippen LogP contribution is 2.55. The van der Waals surface area contributed by atoms with Gasteiger partial charge in [-0.1, -0.05) is 24.3 Å². The molecular weight excluding hydrogens is 448 g/mol. The molecule has 0 aromatic heterocycles. The van der Waals surface area contributed by atoms with Gasteiger partial charge in [0.15, 0.2) is 0 Å². The van der Waals surface area contributed by atoms with Crippen LogP contribution in [0.3, 0.4) is 0 Å². The van der Waals surface area contributed by atoms with Gasteiger partial charge in [0.05, 0.1) is 11.0 Å². The first kappa shape index (κ1) is 22.0. The smallest absolute Gasteiger partial charge is 0.127 e. The van der Waals surface area contributed by atoms with Crippen molar-refractivity contribution >= 4 is 21.5 Å². The van der Waals surface area contributed by atoms with E-state index in [0.29, 0.717) is 21.5 Å². The maximum atomic E-state index is 11.2. The summed E-state index contributed by atoms with van der Waals surface area (Å²) in [5.74, 6) is -1.65. The van der Waals surface area contributed by atoms with E-state index in [-0.39, 0.29) is 45.4 Å². The zero-order chi connectivity index (χ0) is 25.1. The summed E-state index contributed by atoms with van der Waals surface area (Å²) in [4.78, 5) is 0. The van der Waals surface area contributed by atoms with Crippen LogP contribution in [0.25, 0.3) is 21.5 Å². The van der Waals surface area contributed by atoms with E-state index >= 15 is 0 Å². The molecule has 0 atom stereocenters. The third-order valence-electron chi connectivity index (χ3n) is 6.54. The fourth-order valence-corrected chi connectivity index (χ4v) is 5.15. The molecule has 5 aromatic carbocycles. The molecule has 0 aliphatic carbocycles. The Balaban J connectivity index is 2.04. The number of phenolic OH excluding ortho intramolecular Hbond substituents is 7. The lowest BCUT2D eigenvalue weighted by atomic mass is 9.67. The molecule has 0 bridgehead atoms. The molecule has 0 radical (unpaired) electrons. The van der Waals surface area contributed by atoms with E-state index in [1.54, 1.807) is 31.2 Å².